The van der Waals surface area contributed by atoms with Gasteiger partial charge in [0.05, 0.1) is 0 Å². The van der Waals surface area contributed by atoms with Gasteiger partial charge in [-0.1, -0.05) is 13.0 Å². The van der Waals surface area contributed by atoms with Gasteiger partial charge >= 0.3 is 0 Å². The fourth-order valence-electron chi connectivity index (χ4n) is 1.68. The summed E-state index contributed by atoms with van der Waals surface area (Å²) in [6.45, 7) is 6.18. The molecule has 0 aliphatic heterocycles. The molecular formula is C13H20FN. The van der Waals surface area contributed by atoms with Crippen molar-refractivity contribution in [3.8, 4) is 0 Å². The zero-order valence-electron chi connectivity index (χ0n) is 9.65. The van der Waals surface area contributed by atoms with Crippen LogP contribution < -0.4 is 5.32 Å². The lowest BCUT2D eigenvalue weighted by atomic mass is 10.1. The fraction of sp³-hybridized carbons (Fsp3) is 0.538. The Morgan fingerprint density at radius 1 is 1.20 bits per heavy atom. The highest BCUT2D eigenvalue weighted by Gasteiger charge is 1.97. The van der Waals surface area contributed by atoms with E-state index >= 15 is 0 Å². The molecule has 2 heteroatoms. The first-order chi connectivity index (χ1) is 7.22. The third kappa shape index (κ3) is 4.93. The second-order valence-electron chi connectivity index (χ2n) is 3.99. The summed E-state index contributed by atoms with van der Waals surface area (Å²) in [5.74, 6) is -0.119. The van der Waals surface area contributed by atoms with Crippen LogP contribution in [-0.4, -0.2) is 13.1 Å². The molecule has 84 valence electrons. The van der Waals surface area contributed by atoms with Crippen molar-refractivity contribution in [3.63, 3.8) is 0 Å². The highest BCUT2D eigenvalue weighted by atomic mass is 19.1. The second kappa shape index (κ2) is 6.57. The molecule has 0 bridgehead atoms. The van der Waals surface area contributed by atoms with Crippen LogP contribution in [-0.2, 0) is 6.42 Å². The summed E-state index contributed by atoms with van der Waals surface area (Å²) in [6.07, 6.45) is 3.19. The fourth-order valence-corrected chi connectivity index (χ4v) is 1.68. The molecule has 0 fully saturated rings. The van der Waals surface area contributed by atoms with Gasteiger partial charge in [0.25, 0.3) is 0 Å². The molecule has 0 radical (unpaired) electrons. The summed E-state index contributed by atoms with van der Waals surface area (Å²) in [5.41, 5.74) is 2.11. The summed E-state index contributed by atoms with van der Waals surface area (Å²) < 4.78 is 13.0. The highest BCUT2D eigenvalue weighted by Crippen LogP contribution is 2.09. The Labute approximate surface area is 91.7 Å². The van der Waals surface area contributed by atoms with Crippen LogP contribution in [0.15, 0.2) is 18.2 Å². The first-order valence-electron chi connectivity index (χ1n) is 5.69. The van der Waals surface area contributed by atoms with E-state index in [0.29, 0.717) is 0 Å². The Kier molecular flexibility index (Phi) is 5.33. The maximum Gasteiger partial charge on any atom is 0.123 e. The van der Waals surface area contributed by atoms with E-state index < -0.39 is 0 Å². The Bertz CT molecular complexity index is 276. The molecule has 0 aliphatic carbocycles. The van der Waals surface area contributed by atoms with E-state index in [2.05, 4.69) is 18.3 Å². The smallest absolute Gasteiger partial charge is 0.123 e. The van der Waals surface area contributed by atoms with Crippen molar-refractivity contribution >= 4 is 0 Å². The molecule has 0 unspecified atom stereocenters. The molecule has 0 spiro atoms. The average molecular weight is 209 g/mol. The average Bonchev–Trinajstić information content (AvgIpc) is 2.16. The molecule has 1 aromatic carbocycles. The van der Waals surface area contributed by atoms with Gasteiger partial charge in [-0.05, 0) is 62.5 Å². The second-order valence-corrected chi connectivity index (χ2v) is 3.99. The minimum Gasteiger partial charge on any atom is -0.317 e. The van der Waals surface area contributed by atoms with E-state index in [1.54, 1.807) is 12.1 Å². The zero-order chi connectivity index (χ0) is 11.1. The van der Waals surface area contributed by atoms with Crippen molar-refractivity contribution in [2.45, 2.75) is 33.1 Å². The summed E-state index contributed by atoms with van der Waals surface area (Å²) in [4.78, 5) is 0. The number of rotatable bonds is 6. The molecule has 0 aromatic heterocycles. The number of hydrogen-bond acceptors (Lipinski definition) is 1. The third-order valence-electron chi connectivity index (χ3n) is 2.35. The predicted octanol–water partition coefficient (Wildman–Crippen LogP) is 3.07. The third-order valence-corrected chi connectivity index (χ3v) is 2.35. The van der Waals surface area contributed by atoms with Crippen LogP contribution in [0.2, 0.25) is 0 Å². The summed E-state index contributed by atoms with van der Waals surface area (Å²) in [5, 5.41) is 3.34. The maximum atomic E-state index is 13.0. The van der Waals surface area contributed by atoms with E-state index in [0.717, 1.165) is 37.1 Å². The summed E-state index contributed by atoms with van der Waals surface area (Å²) >= 11 is 0. The van der Waals surface area contributed by atoms with Gasteiger partial charge in [0, 0.05) is 0 Å². The highest BCUT2D eigenvalue weighted by molar-refractivity contribution is 5.23. The molecule has 1 aromatic rings. The molecule has 15 heavy (non-hydrogen) atoms. The lowest BCUT2D eigenvalue weighted by Crippen LogP contribution is -2.16. The monoisotopic (exact) mass is 209 g/mol. The molecule has 0 amide bonds. The summed E-state index contributed by atoms with van der Waals surface area (Å²) in [7, 11) is 0. The van der Waals surface area contributed by atoms with Crippen LogP contribution in [0.1, 0.15) is 30.9 Å². The van der Waals surface area contributed by atoms with Crippen molar-refractivity contribution in [1.29, 1.82) is 0 Å². The maximum absolute atomic E-state index is 13.0. The Hall–Kier alpha value is -0.890. The van der Waals surface area contributed by atoms with Crippen molar-refractivity contribution in [3.05, 3.63) is 35.1 Å². The molecule has 0 heterocycles. The Balaban J connectivity index is 2.31. The van der Waals surface area contributed by atoms with Crippen LogP contribution in [0, 0.1) is 12.7 Å². The number of hydrogen-bond donors (Lipinski definition) is 1. The summed E-state index contributed by atoms with van der Waals surface area (Å²) in [6, 6.07) is 5.26. The standard InChI is InChI=1S/C13H20FN/c1-3-6-15-7-4-5-12-8-11(2)9-13(14)10-12/h8-10,15H,3-7H2,1-2H3. The molecule has 1 nitrogen and oxygen atoms in total. The van der Waals surface area contributed by atoms with E-state index in [1.165, 1.54) is 6.42 Å². The minimum atomic E-state index is -0.119. The van der Waals surface area contributed by atoms with Crippen molar-refractivity contribution in [1.82, 2.24) is 5.32 Å². The van der Waals surface area contributed by atoms with Crippen LogP contribution in [0.5, 0.6) is 0 Å². The van der Waals surface area contributed by atoms with Crippen molar-refractivity contribution < 1.29 is 4.39 Å². The molecule has 0 saturated carbocycles. The normalized spacial score (nSPS) is 10.6. The zero-order valence-corrected chi connectivity index (χ0v) is 9.65. The van der Waals surface area contributed by atoms with Crippen LogP contribution in [0.25, 0.3) is 0 Å². The van der Waals surface area contributed by atoms with Gasteiger partial charge in [0.2, 0.25) is 0 Å². The number of halogens is 1. The Morgan fingerprint density at radius 3 is 2.67 bits per heavy atom. The van der Waals surface area contributed by atoms with Crippen LogP contribution in [0.3, 0.4) is 0 Å². The van der Waals surface area contributed by atoms with Gasteiger partial charge in [-0.25, -0.2) is 4.39 Å². The molecule has 1 rings (SSSR count). The number of benzene rings is 1. The van der Waals surface area contributed by atoms with Gasteiger partial charge in [-0.3, -0.25) is 0 Å². The van der Waals surface area contributed by atoms with Gasteiger partial charge in [0.1, 0.15) is 5.82 Å². The SMILES string of the molecule is CCCNCCCc1cc(C)cc(F)c1. The first kappa shape index (κ1) is 12.2. The van der Waals surface area contributed by atoms with Crippen molar-refractivity contribution in [2.75, 3.05) is 13.1 Å². The molecular weight excluding hydrogens is 189 g/mol. The molecule has 0 aliphatic rings. The van der Waals surface area contributed by atoms with Crippen molar-refractivity contribution in [2.24, 2.45) is 0 Å². The van der Waals surface area contributed by atoms with Crippen LogP contribution in [0.4, 0.5) is 4.39 Å². The number of aryl methyl sites for hydroxylation is 2. The topological polar surface area (TPSA) is 12.0 Å². The van der Waals surface area contributed by atoms with Gasteiger partial charge in [-0.15, -0.1) is 0 Å². The molecule has 0 saturated heterocycles. The first-order valence-corrected chi connectivity index (χ1v) is 5.69. The van der Waals surface area contributed by atoms with Gasteiger partial charge in [-0.2, -0.15) is 0 Å². The molecule has 0 atom stereocenters. The van der Waals surface area contributed by atoms with Gasteiger partial charge < -0.3 is 5.32 Å². The largest absolute Gasteiger partial charge is 0.317 e. The minimum absolute atomic E-state index is 0.119. The van der Waals surface area contributed by atoms with E-state index in [4.69, 9.17) is 0 Å². The predicted molar refractivity (Wildman–Crippen MR) is 62.6 cm³/mol. The lowest BCUT2D eigenvalue weighted by Gasteiger charge is -2.04. The van der Waals surface area contributed by atoms with E-state index in [1.807, 2.05) is 6.92 Å². The van der Waals surface area contributed by atoms with E-state index in [9.17, 15) is 4.39 Å². The van der Waals surface area contributed by atoms with E-state index in [-0.39, 0.29) is 5.82 Å². The molecule has 1 N–H and O–H groups in total. The number of nitrogens with one attached hydrogen (secondary N) is 1. The lowest BCUT2D eigenvalue weighted by molar-refractivity contribution is 0.617. The Morgan fingerprint density at radius 2 is 2.00 bits per heavy atom. The van der Waals surface area contributed by atoms with Crippen LogP contribution >= 0.6 is 0 Å². The quantitative estimate of drug-likeness (QED) is 0.710. The van der Waals surface area contributed by atoms with Gasteiger partial charge in [0.15, 0.2) is 0 Å².